The summed E-state index contributed by atoms with van der Waals surface area (Å²) in [5, 5.41) is 10.4. The lowest BCUT2D eigenvalue weighted by Gasteiger charge is -2.16. The van der Waals surface area contributed by atoms with Gasteiger partial charge in [-0.25, -0.2) is 0 Å². The fourth-order valence-electron chi connectivity index (χ4n) is 8.76. The van der Waals surface area contributed by atoms with Crippen molar-refractivity contribution in [1.29, 1.82) is 0 Å². The van der Waals surface area contributed by atoms with Crippen molar-refractivity contribution >= 4 is 43.1 Å². The van der Waals surface area contributed by atoms with Gasteiger partial charge in [0.25, 0.3) is 0 Å². The van der Waals surface area contributed by atoms with E-state index in [0.717, 1.165) is 0 Å². The maximum Gasteiger partial charge on any atom is -0.00134 e. The van der Waals surface area contributed by atoms with Crippen LogP contribution in [-0.2, 0) is 0 Å². The van der Waals surface area contributed by atoms with Crippen molar-refractivity contribution < 1.29 is 0 Å². The van der Waals surface area contributed by atoms with Gasteiger partial charge in [-0.15, -0.1) is 0 Å². The first-order valence-electron chi connectivity index (χ1n) is 18.1. The van der Waals surface area contributed by atoms with Crippen molar-refractivity contribution in [1.82, 2.24) is 0 Å². The maximum atomic E-state index is 2.42. The molecule has 52 heavy (non-hydrogen) atoms. The number of benzene rings is 10. The van der Waals surface area contributed by atoms with Crippen molar-refractivity contribution in [3.63, 3.8) is 0 Å². The van der Waals surface area contributed by atoms with Gasteiger partial charge < -0.3 is 0 Å². The van der Waals surface area contributed by atoms with Gasteiger partial charge in [-0.05, 0) is 140 Å². The molecule has 0 unspecified atom stereocenters. The van der Waals surface area contributed by atoms with Gasteiger partial charge in [-0.1, -0.05) is 164 Å². The Labute approximate surface area is 302 Å². The molecule has 240 valence electrons. The summed E-state index contributed by atoms with van der Waals surface area (Å²) in [6.07, 6.45) is 0. The highest BCUT2D eigenvalue weighted by atomic mass is 14.3. The lowest BCUT2D eigenvalue weighted by Crippen LogP contribution is -1.89. The SMILES string of the molecule is c1ccc(-c2cccc(-c3cc(-c4ccccc4)c4ccc(-c5ccc6c7c(cc8ccccc8c57)-c5ccc7ccccc7c5-6)cc4c3)c2)cc1. The van der Waals surface area contributed by atoms with E-state index >= 15 is 0 Å². The zero-order valence-electron chi connectivity index (χ0n) is 28.5. The van der Waals surface area contributed by atoms with E-state index in [0.29, 0.717) is 0 Å². The molecule has 0 amide bonds. The summed E-state index contributed by atoms with van der Waals surface area (Å²) < 4.78 is 0. The smallest absolute Gasteiger partial charge is 0.00134 e. The maximum absolute atomic E-state index is 2.42. The highest BCUT2D eigenvalue weighted by Crippen LogP contribution is 2.54. The largest absolute Gasteiger partial charge is 0.0622 e. The van der Waals surface area contributed by atoms with Crippen LogP contribution in [0.2, 0.25) is 0 Å². The van der Waals surface area contributed by atoms with Crippen LogP contribution in [0.15, 0.2) is 194 Å². The van der Waals surface area contributed by atoms with E-state index in [-0.39, 0.29) is 0 Å². The highest BCUT2D eigenvalue weighted by molar-refractivity contribution is 6.29. The number of hydrogen-bond acceptors (Lipinski definition) is 0. The zero-order chi connectivity index (χ0) is 34.2. The molecule has 1 aliphatic rings. The number of hydrogen-bond donors (Lipinski definition) is 0. The molecule has 0 heterocycles. The van der Waals surface area contributed by atoms with E-state index in [1.807, 2.05) is 0 Å². The Morgan fingerprint density at radius 1 is 0.212 bits per heavy atom. The average Bonchev–Trinajstić information content (AvgIpc) is 3.55. The molecule has 0 bridgehead atoms. The van der Waals surface area contributed by atoms with Gasteiger partial charge in [-0.3, -0.25) is 0 Å². The third-order valence-corrected chi connectivity index (χ3v) is 11.1. The second kappa shape index (κ2) is 11.4. The summed E-state index contributed by atoms with van der Waals surface area (Å²) >= 11 is 0. The standard InChI is InChI=1S/C52H32/c1-3-12-33(13-4-1)36-18-11-19-37(28-36)40-30-41-29-39(23-24-42(41)48(32-40)34-14-5-2-6-15-34)45-26-27-47-50-43-20-9-7-16-35(43)22-25-46(50)49-31-38-17-8-10-21-44(38)51(45)52(47)49/h1-32H. The molecule has 0 aliphatic heterocycles. The first-order chi connectivity index (χ1) is 25.8. The molecule has 0 radical (unpaired) electrons. The van der Waals surface area contributed by atoms with Crippen molar-refractivity contribution in [2.75, 3.05) is 0 Å². The Morgan fingerprint density at radius 2 is 0.846 bits per heavy atom. The fraction of sp³-hybridized carbons (Fsp3) is 0. The third-order valence-electron chi connectivity index (χ3n) is 11.1. The van der Waals surface area contributed by atoms with E-state index < -0.39 is 0 Å². The van der Waals surface area contributed by atoms with Gasteiger partial charge >= 0.3 is 0 Å². The van der Waals surface area contributed by atoms with E-state index in [2.05, 4.69) is 194 Å². The molecule has 0 N–H and O–H groups in total. The van der Waals surface area contributed by atoms with Crippen molar-refractivity contribution in [3.8, 4) is 66.8 Å². The van der Waals surface area contributed by atoms with Crippen LogP contribution in [0.3, 0.4) is 0 Å². The Hall–Kier alpha value is -6.76. The third kappa shape index (κ3) is 4.41. The van der Waals surface area contributed by atoms with Crippen molar-refractivity contribution in [3.05, 3.63) is 194 Å². The van der Waals surface area contributed by atoms with Crippen LogP contribution in [0.5, 0.6) is 0 Å². The van der Waals surface area contributed by atoms with Gasteiger partial charge in [-0.2, -0.15) is 0 Å². The first kappa shape index (κ1) is 29.0. The van der Waals surface area contributed by atoms with Crippen LogP contribution in [0.4, 0.5) is 0 Å². The minimum Gasteiger partial charge on any atom is -0.0622 e. The van der Waals surface area contributed by atoms with Crippen molar-refractivity contribution in [2.45, 2.75) is 0 Å². The zero-order valence-corrected chi connectivity index (χ0v) is 28.5. The summed E-state index contributed by atoms with van der Waals surface area (Å²) in [5.41, 5.74) is 15.2. The van der Waals surface area contributed by atoms with Gasteiger partial charge in [0.1, 0.15) is 0 Å². The molecule has 0 saturated heterocycles. The Bertz CT molecular complexity index is 3040. The summed E-state index contributed by atoms with van der Waals surface area (Å²) in [4.78, 5) is 0. The lowest BCUT2D eigenvalue weighted by molar-refractivity contribution is 1.59. The second-order valence-corrected chi connectivity index (χ2v) is 14.0. The Kier molecular flexibility index (Phi) is 6.35. The first-order valence-corrected chi connectivity index (χ1v) is 18.1. The topological polar surface area (TPSA) is 0 Å². The van der Waals surface area contributed by atoms with E-state index in [1.165, 1.54) is 110 Å². The molecular weight excluding hydrogens is 625 g/mol. The van der Waals surface area contributed by atoms with Gasteiger partial charge in [0, 0.05) is 0 Å². The van der Waals surface area contributed by atoms with Crippen LogP contribution >= 0.6 is 0 Å². The molecule has 10 aromatic rings. The molecule has 0 atom stereocenters. The number of fused-ring (bicyclic) bond motifs is 8. The van der Waals surface area contributed by atoms with E-state index in [4.69, 9.17) is 0 Å². The average molecular weight is 657 g/mol. The fourth-order valence-corrected chi connectivity index (χ4v) is 8.76. The minimum absolute atomic E-state index is 1.21. The second-order valence-electron chi connectivity index (χ2n) is 14.0. The van der Waals surface area contributed by atoms with Gasteiger partial charge in [0.05, 0.1) is 0 Å². The predicted octanol–water partition coefficient (Wildman–Crippen LogP) is 14.6. The summed E-state index contributed by atoms with van der Waals surface area (Å²) in [7, 11) is 0. The molecule has 0 fully saturated rings. The lowest BCUT2D eigenvalue weighted by atomic mass is 9.87. The van der Waals surface area contributed by atoms with Gasteiger partial charge in [0.2, 0.25) is 0 Å². The van der Waals surface area contributed by atoms with Gasteiger partial charge in [0.15, 0.2) is 0 Å². The number of rotatable bonds is 4. The summed E-state index contributed by atoms with van der Waals surface area (Å²) in [6.45, 7) is 0. The molecule has 0 spiro atoms. The molecule has 1 aliphatic carbocycles. The molecule has 0 saturated carbocycles. The minimum atomic E-state index is 1.21. The van der Waals surface area contributed by atoms with Crippen LogP contribution in [0, 0.1) is 0 Å². The van der Waals surface area contributed by atoms with E-state index in [9.17, 15) is 0 Å². The Balaban J connectivity index is 1.16. The normalized spacial score (nSPS) is 11.8. The molecule has 0 aromatic heterocycles. The van der Waals surface area contributed by atoms with Crippen LogP contribution in [-0.4, -0.2) is 0 Å². The molecular formula is C52H32. The summed E-state index contributed by atoms with van der Waals surface area (Å²) in [6, 6.07) is 71.8. The highest BCUT2D eigenvalue weighted by Gasteiger charge is 2.26. The quantitative estimate of drug-likeness (QED) is 0.165. The van der Waals surface area contributed by atoms with Crippen LogP contribution in [0.25, 0.3) is 110 Å². The van der Waals surface area contributed by atoms with Crippen LogP contribution in [0.1, 0.15) is 0 Å². The molecule has 11 rings (SSSR count). The Morgan fingerprint density at radius 3 is 1.67 bits per heavy atom. The van der Waals surface area contributed by atoms with E-state index in [1.54, 1.807) is 0 Å². The van der Waals surface area contributed by atoms with Crippen LogP contribution < -0.4 is 0 Å². The van der Waals surface area contributed by atoms with Crippen molar-refractivity contribution in [2.24, 2.45) is 0 Å². The molecule has 10 aromatic carbocycles. The molecule has 0 heteroatoms. The monoisotopic (exact) mass is 656 g/mol. The molecule has 0 nitrogen and oxygen atoms in total. The summed E-state index contributed by atoms with van der Waals surface area (Å²) in [5.74, 6) is 0. The predicted molar refractivity (Wildman–Crippen MR) is 223 cm³/mol.